The van der Waals surface area contributed by atoms with Crippen LogP contribution in [-0.2, 0) is 22.3 Å². The average Bonchev–Trinajstić information content (AvgIpc) is 3.21. The third-order valence-electron chi connectivity index (χ3n) is 5.17. The fraction of sp³-hybridized carbons (Fsp3) is 0.318. The van der Waals surface area contributed by atoms with Crippen LogP contribution < -0.4 is 0 Å². The van der Waals surface area contributed by atoms with Gasteiger partial charge in [-0.25, -0.2) is 4.98 Å². The van der Waals surface area contributed by atoms with Crippen LogP contribution in [0.3, 0.4) is 0 Å². The number of alkyl halides is 3. The van der Waals surface area contributed by atoms with Gasteiger partial charge in [-0.3, -0.25) is 9.59 Å². The smallest absolute Gasteiger partial charge is 0.364 e. The molecule has 3 aromatic rings. The molecular weight excluding hydrogens is 443 g/mol. The largest absolute Gasteiger partial charge is 0.416 e. The molecule has 0 bridgehead atoms. The fourth-order valence-electron chi connectivity index (χ4n) is 3.44. The number of hydrogen-bond acceptors (Lipinski definition) is 5. The summed E-state index contributed by atoms with van der Waals surface area (Å²) in [6.45, 7) is 1.47. The number of ether oxygens (including phenoxy) is 1. The topological polar surface area (TPSA) is 62.7 Å². The van der Waals surface area contributed by atoms with Gasteiger partial charge in [0.2, 0.25) is 5.91 Å². The normalized spacial score (nSPS) is 14.7. The summed E-state index contributed by atoms with van der Waals surface area (Å²) in [5.74, 6) is -0.523. The van der Waals surface area contributed by atoms with Crippen LogP contribution in [0.2, 0.25) is 0 Å². The molecule has 1 aromatic heterocycles. The highest BCUT2D eigenvalue weighted by atomic mass is 32.1. The zero-order valence-corrected chi connectivity index (χ0v) is 17.8. The van der Waals surface area contributed by atoms with Crippen molar-refractivity contribution in [3.8, 4) is 0 Å². The van der Waals surface area contributed by atoms with Gasteiger partial charge in [-0.1, -0.05) is 12.1 Å². The van der Waals surface area contributed by atoms with Gasteiger partial charge in [0, 0.05) is 31.7 Å². The standard InChI is InChI=1S/C22H20F3N3O3S/c23-22(24,25)16-7-5-15(6-8-16)21(30)28-11-9-27(10-12-28)20(29)14-31-13-19-26-17-3-1-2-4-18(17)32-19/h1-8H,9-14H2. The van der Waals surface area contributed by atoms with E-state index in [1.54, 1.807) is 4.90 Å². The molecule has 4 rings (SSSR count). The highest BCUT2D eigenvalue weighted by molar-refractivity contribution is 7.18. The summed E-state index contributed by atoms with van der Waals surface area (Å²) in [5, 5.41) is 0.797. The molecule has 0 unspecified atom stereocenters. The van der Waals surface area contributed by atoms with Crippen molar-refractivity contribution >= 4 is 33.4 Å². The summed E-state index contributed by atoms with van der Waals surface area (Å²) in [4.78, 5) is 32.6. The molecule has 0 spiro atoms. The van der Waals surface area contributed by atoms with Crippen LogP contribution in [0.25, 0.3) is 10.2 Å². The van der Waals surface area contributed by atoms with E-state index in [9.17, 15) is 22.8 Å². The summed E-state index contributed by atoms with van der Waals surface area (Å²) in [6.07, 6.45) is -4.44. The molecule has 0 N–H and O–H groups in total. The van der Waals surface area contributed by atoms with Crippen LogP contribution in [-0.4, -0.2) is 59.4 Å². The number of amides is 2. The summed E-state index contributed by atoms with van der Waals surface area (Å²) < 4.78 is 44.6. The predicted octanol–water partition coefficient (Wildman–Crippen LogP) is 3.82. The summed E-state index contributed by atoms with van der Waals surface area (Å²) in [7, 11) is 0. The van der Waals surface area contributed by atoms with Gasteiger partial charge in [0.05, 0.1) is 22.4 Å². The predicted molar refractivity (Wildman–Crippen MR) is 113 cm³/mol. The third kappa shape index (κ3) is 5.08. The van der Waals surface area contributed by atoms with Crippen LogP contribution in [0.4, 0.5) is 13.2 Å². The molecule has 168 valence electrons. The zero-order chi connectivity index (χ0) is 22.7. The molecule has 2 aromatic carbocycles. The first-order valence-corrected chi connectivity index (χ1v) is 10.8. The van der Waals surface area contributed by atoms with Gasteiger partial charge in [0.25, 0.3) is 5.91 Å². The van der Waals surface area contributed by atoms with Crippen LogP contribution in [0.15, 0.2) is 48.5 Å². The first kappa shape index (κ1) is 22.2. The average molecular weight is 463 g/mol. The Kier molecular flexibility index (Phi) is 6.43. The van der Waals surface area contributed by atoms with Gasteiger partial charge in [0.15, 0.2) is 0 Å². The molecule has 0 radical (unpaired) electrons. The van der Waals surface area contributed by atoms with Crippen LogP contribution >= 0.6 is 11.3 Å². The number of hydrogen-bond donors (Lipinski definition) is 0. The number of carbonyl (C=O) groups is 2. The van der Waals surface area contributed by atoms with E-state index in [4.69, 9.17) is 4.74 Å². The number of benzene rings is 2. The number of fused-ring (bicyclic) bond motifs is 1. The van der Waals surface area contributed by atoms with Gasteiger partial charge in [-0.2, -0.15) is 13.2 Å². The van der Waals surface area contributed by atoms with E-state index in [-0.39, 0.29) is 30.6 Å². The Hall–Kier alpha value is -2.98. The Labute approximate surface area is 186 Å². The fourth-order valence-corrected chi connectivity index (χ4v) is 4.35. The molecule has 1 fully saturated rings. The molecule has 2 amide bonds. The molecule has 1 aliphatic rings. The second kappa shape index (κ2) is 9.25. The molecule has 2 heterocycles. The Morgan fingerprint density at radius 3 is 2.28 bits per heavy atom. The number of carbonyl (C=O) groups excluding carboxylic acids is 2. The van der Waals surface area contributed by atoms with Crippen LogP contribution in [0.1, 0.15) is 20.9 Å². The third-order valence-corrected chi connectivity index (χ3v) is 6.18. The van der Waals surface area contributed by atoms with Gasteiger partial charge >= 0.3 is 6.18 Å². The number of rotatable bonds is 5. The van der Waals surface area contributed by atoms with Crippen LogP contribution in [0, 0.1) is 0 Å². The van der Waals surface area contributed by atoms with Crippen LogP contribution in [0.5, 0.6) is 0 Å². The number of piperazine rings is 1. The molecule has 10 heteroatoms. The lowest BCUT2D eigenvalue weighted by atomic mass is 10.1. The van der Waals surface area contributed by atoms with Gasteiger partial charge in [0.1, 0.15) is 11.6 Å². The van der Waals surface area contributed by atoms with Crippen molar-refractivity contribution in [2.75, 3.05) is 32.8 Å². The Bertz CT molecular complexity index is 1070. The number of nitrogens with zero attached hydrogens (tertiary/aromatic N) is 3. The molecule has 0 aliphatic carbocycles. The highest BCUT2D eigenvalue weighted by Gasteiger charge is 2.31. The molecule has 32 heavy (non-hydrogen) atoms. The zero-order valence-electron chi connectivity index (χ0n) is 17.0. The van der Waals surface area contributed by atoms with E-state index >= 15 is 0 Å². The minimum atomic E-state index is -4.44. The number of halogens is 3. The second-order valence-corrected chi connectivity index (χ2v) is 8.43. The lowest BCUT2D eigenvalue weighted by molar-refractivity contribution is -0.138. The highest BCUT2D eigenvalue weighted by Crippen LogP contribution is 2.29. The molecule has 0 atom stereocenters. The van der Waals surface area contributed by atoms with E-state index in [0.717, 1.165) is 27.4 Å². The summed E-state index contributed by atoms with van der Waals surface area (Å²) >= 11 is 1.52. The van der Waals surface area contributed by atoms with Crippen molar-refractivity contribution < 1.29 is 27.5 Å². The number of para-hydroxylation sites is 1. The minimum absolute atomic E-state index is 0.0806. The van der Waals surface area contributed by atoms with Gasteiger partial charge in [-0.05, 0) is 36.4 Å². The molecule has 1 saturated heterocycles. The van der Waals surface area contributed by atoms with Crippen molar-refractivity contribution in [2.24, 2.45) is 0 Å². The quantitative estimate of drug-likeness (QED) is 0.577. The van der Waals surface area contributed by atoms with E-state index < -0.39 is 11.7 Å². The Morgan fingerprint density at radius 2 is 1.62 bits per heavy atom. The Balaban J connectivity index is 1.24. The minimum Gasteiger partial charge on any atom is -0.364 e. The van der Waals surface area contributed by atoms with Crippen molar-refractivity contribution in [2.45, 2.75) is 12.8 Å². The molecule has 0 saturated carbocycles. The van der Waals surface area contributed by atoms with Crippen molar-refractivity contribution in [1.82, 2.24) is 14.8 Å². The maximum absolute atomic E-state index is 12.7. The Morgan fingerprint density at radius 1 is 0.969 bits per heavy atom. The monoisotopic (exact) mass is 463 g/mol. The van der Waals surface area contributed by atoms with E-state index in [1.165, 1.54) is 28.4 Å². The van der Waals surface area contributed by atoms with Gasteiger partial charge < -0.3 is 14.5 Å². The van der Waals surface area contributed by atoms with E-state index in [1.807, 2.05) is 24.3 Å². The second-order valence-electron chi connectivity index (χ2n) is 7.32. The van der Waals surface area contributed by atoms with E-state index in [0.29, 0.717) is 26.2 Å². The summed E-state index contributed by atoms with van der Waals surface area (Å²) in [6, 6.07) is 11.9. The van der Waals surface area contributed by atoms with Gasteiger partial charge in [-0.15, -0.1) is 11.3 Å². The number of aromatic nitrogens is 1. The maximum atomic E-state index is 12.7. The molecular formula is C22H20F3N3O3S. The first-order valence-electron chi connectivity index (χ1n) is 9.98. The molecule has 1 aliphatic heterocycles. The lowest BCUT2D eigenvalue weighted by Gasteiger charge is -2.34. The number of thiazole rings is 1. The SMILES string of the molecule is O=C(COCc1nc2ccccc2s1)N1CCN(C(=O)c2ccc(C(F)(F)F)cc2)CC1. The first-order chi connectivity index (χ1) is 15.3. The van der Waals surface area contributed by atoms with E-state index in [2.05, 4.69) is 4.98 Å². The van der Waals surface area contributed by atoms with Crippen molar-refractivity contribution in [3.63, 3.8) is 0 Å². The molecule has 6 nitrogen and oxygen atoms in total. The van der Waals surface area contributed by atoms with Crippen molar-refractivity contribution in [1.29, 1.82) is 0 Å². The summed E-state index contributed by atoms with van der Waals surface area (Å²) in [5.41, 5.74) is 0.295. The maximum Gasteiger partial charge on any atom is 0.416 e. The van der Waals surface area contributed by atoms with Crippen molar-refractivity contribution in [3.05, 3.63) is 64.7 Å². The lowest BCUT2D eigenvalue weighted by Crippen LogP contribution is -2.51.